The number of amides is 1. The summed E-state index contributed by atoms with van der Waals surface area (Å²) in [6.07, 6.45) is 8.91. The quantitative estimate of drug-likeness (QED) is 0.591. The van der Waals surface area contributed by atoms with Crippen molar-refractivity contribution in [1.29, 1.82) is 0 Å². The molecule has 0 unspecified atom stereocenters. The minimum atomic E-state index is -1.18. The molecule has 1 aliphatic rings. The first-order chi connectivity index (χ1) is 14.0. The van der Waals surface area contributed by atoms with Gasteiger partial charge < -0.3 is 15.2 Å². The lowest BCUT2D eigenvalue weighted by molar-refractivity contribution is -0.134. The Balaban J connectivity index is 1.61. The first kappa shape index (κ1) is 20.9. The van der Waals surface area contributed by atoms with Gasteiger partial charge in [0, 0.05) is 12.6 Å². The Kier molecular flexibility index (Phi) is 7.25. The van der Waals surface area contributed by atoms with E-state index in [2.05, 4.69) is 10.3 Å². The SMILES string of the molecule is O=C(CCC1CCCC1)N/C(=C\c1ccc(Oc2ncccc2Cl)cc1)C(=O)O. The second kappa shape index (κ2) is 10.1. The number of hydrogen-bond acceptors (Lipinski definition) is 4. The van der Waals surface area contributed by atoms with Crippen molar-refractivity contribution in [3.8, 4) is 11.6 Å². The topological polar surface area (TPSA) is 88.5 Å². The largest absolute Gasteiger partial charge is 0.477 e. The number of nitrogens with one attached hydrogen (secondary N) is 1. The fourth-order valence-electron chi connectivity index (χ4n) is 3.35. The number of hydrogen-bond donors (Lipinski definition) is 2. The minimum Gasteiger partial charge on any atom is -0.477 e. The number of ether oxygens (including phenoxy) is 1. The van der Waals surface area contributed by atoms with E-state index in [0.717, 1.165) is 19.3 Å². The normalized spacial score (nSPS) is 14.6. The van der Waals surface area contributed by atoms with Crippen molar-refractivity contribution >= 4 is 29.6 Å². The number of aliphatic carboxylic acids is 1. The summed E-state index contributed by atoms with van der Waals surface area (Å²) in [6, 6.07) is 10.1. The van der Waals surface area contributed by atoms with Crippen molar-refractivity contribution in [1.82, 2.24) is 10.3 Å². The molecule has 2 N–H and O–H groups in total. The third-order valence-electron chi connectivity index (χ3n) is 4.89. The minimum absolute atomic E-state index is 0.150. The molecule has 1 saturated carbocycles. The van der Waals surface area contributed by atoms with Crippen molar-refractivity contribution in [2.75, 3.05) is 0 Å². The van der Waals surface area contributed by atoms with Crippen LogP contribution in [0.25, 0.3) is 6.08 Å². The van der Waals surface area contributed by atoms with Crippen LogP contribution in [0.15, 0.2) is 48.3 Å². The average Bonchev–Trinajstić information content (AvgIpc) is 3.23. The van der Waals surface area contributed by atoms with Crippen LogP contribution < -0.4 is 10.1 Å². The van der Waals surface area contributed by atoms with Gasteiger partial charge in [0.1, 0.15) is 16.5 Å². The molecule has 1 heterocycles. The molecule has 0 aliphatic heterocycles. The fraction of sp³-hybridized carbons (Fsp3) is 0.318. The highest BCUT2D eigenvalue weighted by Gasteiger charge is 2.17. The Morgan fingerprint density at radius 2 is 1.93 bits per heavy atom. The molecule has 29 heavy (non-hydrogen) atoms. The number of rotatable bonds is 8. The summed E-state index contributed by atoms with van der Waals surface area (Å²) in [6.45, 7) is 0. The molecule has 0 atom stereocenters. The standard InChI is InChI=1S/C22H23ClN2O4/c23-18-6-3-13-24-21(18)29-17-10-7-16(8-11-17)14-19(22(27)28)25-20(26)12-9-15-4-1-2-5-15/h3,6-8,10-11,13-15H,1-2,4-5,9,12H2,(H,25,26)(H,27,28)/b19-14-. The number of aromatic nitrogens is 1. The van der Waals surface area contributed by atoms with Crippen LogP contribution in [-0.4, -0.2) is 22.0 Å². The number of carboxylic acids is 1. The summed E-state index contributed by atoms with van der Waals surface area (Å²) in [4.78, 5) is 27.7. The number of carbonyl (C=O) groups excluding carboxylic acids is 1. The van der Waals surface area contributed by atoms with E-state index in [1.54, 1.807) is 42.6 Å². The molecule has 3 rings (SSSR count). The van der Waals surface area contributed by atoms with Crippen molar-refractivity contribution in [3.63, 3.8) is 0 Å². The lowest BCUT2D eigenvalue weighted by atomic mass is 10.0. The number of nitrogens with zero attached hydrogens (tertiary/aromatic N) is 1. The van der Waals surface area contributed by atoms with Crippen molar-refractivity contribution in [2.24, 2.45) is 5.92 Å². The molecule has 7 heteroatoms. The zero-order valence-corrected chi connectivity index (χ0v) is 16.7. The van der Waals surface area contributed by atoms with Gasteiger partial charge in [0.05, 0.1) is 0 Å². The van der Waals surface area contributed by atoms with E-state index in [0.29, 0.717) is 34.6 Å². The Bertz CT molecular complexity index is 890. The molecule has 1 aromatic carbocycles. The zero-order chi connectivity index (χ0) is 20.6. The van der Waals surface area contributed by atoms with Crippen molar-refractivity contribution in [3.05, 3.63) is 58.9 Å². The van der Waals surface area contributed by atoms with E-state index < -0.39 is 5.97 Å². The molecule has 2 aromatic rings. The van der Waals surface area contributed by atoms with Crippen LogP contribution in [0, 0.1) is 5.92 Å². The second-order valence-corrected chi connectivity index (χ2v) is 7.47. The predicted octanol–water partition coefficient (Wildman–Crippen LogP) is 5.04. The Morgan fingerprint density at radius 1 is 1.21 bits per heavy atom. The highest BCUT2D eigenvalue weighted by molar-refractivity contribution is 6.31. The molecule has 1 fully saturated rings. The van der Waals surface area contributed by atoms with Gasteiger partial charge in [-0.1, -0.05) is 49.4 Å². The molecular weight excluding hydrogens is 392 g/mol. The highest BCUT2D eigenvalue weighted by Crippen LogP contribution is 2.29. The van der Waals surface area contributed by atoms with Crippen LogP contribution in [0.4, 0.5) is 0 Å². The number of halogens is 1. The molecule has 0 spiro atoms. The van der Waals surface area contributed by atoms with Crippen LogP contribution >= 0.6 is 11.6 Å². The maximum atomic E-state index is 12.1. The summed E-state index contributed by atoms with van der Waals surface area (Å²) < 4.78 is 5.61. The maximum absolute atomic E-state index is 12.1. The van der Waals surface area contributed by atoms with Gasteiger partial charge in [0.25, 0.3) is 0 Å². The first-order valence-electron chi connectivity index (χ1n) is 9.64. The van der Waals surface area contributed by atoms with Crippen LogP contribution in [0.5, 0.6) is 11.6 Å². The van der Waals surface area contributed by atoms with Gasteiger partial charge in [-0.2, -0.15) is 0 Å². The van der Waals surface area contributed by atoms with E-state index in [4.69, 9.17) is 16.3 Å². The number of carbonyl (C=O) groups is 2. The van der Waals surface area contributed by atoms with Gasteiger partial charge in [-0.25, -0.2) is 9.78 Å². The monoisotopic (exact) mass is 414 g/mol. The molecule has 6 nitrogen and oxygen atoms in total. The van der Waals surface area contributed by atoms with Crippen molar-refractivity contribution < 1.29 is 19.4 Å². The van der Waals surface area contributed by atoms with E-state index in [-0.39, 0.29) is 11.6 Å². The van der Waals surface area contributed by atoms with Crippen LogP contribution in [-0.2, 0) is 9.59 Å². The predicted molar refractivity (Wildman–Crippen MR) is 111 cm³/mol. The van der Waals surface area contributed by atoms with Gasteiger partial charge in [0.15, 0.2) is 0 Å². The van der Waals surface area contributed by atoms with Crippen molar-refractivity contribution in [2.45, 2.75) is 38.5 Å². The number of carboxylic acid groups (broad SMARTS) is 1. The van der Waals surface area contributed by atoms with Crippen LogP contribution in [0.1, 0.15) is 44.1 Å². The third-order valence-corrected chi connectivity index (χ3v) is 5.18. The lowest BCUT2D eigenvalue weighted by Crippen LogP contribution is -2.27. The van der Waals surface area contributed by atoms with Gasteiger partial charge >= 0.3 is 5.97 Å². The summed E-state index contributed by atoms with van der Waals surface area (Å²) >= 11 is 6.02. The molecule has 1 amide bonds. The molecule has 1 aromatic heterocycles. The van der Waals surface area contributed by atoms with Crippen LogP contribution in [0.3, 0.4) is 0 Å². The van der Waals surface area contributed by atoms with E-state index in [9.17, 15) is 14.7 Å². The van der Waals surface area contributed by atoms with Gasteiger partial charge in [-0.3, -0.25) is 4.79 Å². The number of benzene rings is 1. The maximum Gasteiger partial charge on any atom is 0.352 e. The Hall–Kier alpha value is -2.86. The van der Waals surface area contributed by atoms with E-state index in [1.807, 2.05) is 0 Å². The summed E-state index contributed by atoms with van der Waals surface area (Å²) in [5, 5.41) is 12.3. The van der Waals surface area contributed by atoms with Gasteiger partial charge in [-0.15, -0.1) is 0 Å². The molecule has 0 radical (unpaired) electrons. The highest BCUT2D eigenvalue weighted by atomic mass is 35.5. The molecule has 0 bridgehead atoms. The zero-order valence-electron chi connectivity index (χ0n) is 15.9. The third kappa shape index (κ3) is 6.32. The van der Waals surface area contributed by atoms with Gasteiger partial charge in [-0.05, 0) is 48.2 Å². The Labute approximate surface area is 174 Å². The first-order valence-corrected chi connectivity index (χ1v) is 10.0. The summed E-state index contributed by atoms with van der Waals surface area (Å²) in [5.74, 6) is -0.0632. The molecule has 0 saturated heterocycles. The average molecular weight is 415 g/mol. The smallest absolute Gasteiger partial charge is 0.352 e. The van der Waals surface area contributed by atoms with E-state index in [1.165, 1.54) is 18.9 Å². The molecular formula is C22H23ClN2O4. The number of pyridine rings is 1. The summed E-state index contributed by atoms with van der Waals surface area (Å²) in [5.41, 5.74) is 0.473. The molecule has 152 valence electrons. The lowest BCUT2D eigenvalue weighted by Gasteiger charge is -2.10. The molecule has 1 aliphatic carbocycles. The second-order valence-electron chi connectivity index (χ2n) is 7.06. The fourth-order valence-corrected chi connectivity index (χ4v) is 3.52. The van der Waals surface area contributed by atoms with E-state index >= 15 is 0 Å². The summed E-state index contributed by atoms with van der Waals surface area (Å²) in [7, 11) is 0. The van der Waals surface area contributed by atoms with Gasteiger partial charge in [0.2, 0.25) is 11.8 Å². The Morgan fingerprint density at radius 3 is 2.59 bits per heavy atom. The van der Waals surface area contributed by atoms with Crippen LogP contribution in [0.2, 0.25) is 5.02 Å².